The van der Waals surface area contributed by atoms with E-state index in [1.54, 1.807) is 0 Å². The third kappa shape index (κ3) is 3.43. The number of amides is 1. The van der Waals surface area contributed by atoms with Gasteiger partial charge in [-0.2, -0.15) is 0 Å². The van der Waals surface area contributed by atoms with E-state index in [1.165, 1.54) is 12.1 Å². The summed E-state index contributed by atoms with van der Waals surface area (Å²) in [6.07, 6.45) is 3.87. The largest absolute Gasteiger partial charge is 0.345 e. The number of nitrogens with one attached hydrogen (secondary N) is 1. The van der Waals surface area contributed by atoms with Crippen LogP contribution in [0.4, 0.5) is 5.00 Å². The molecule has 1 heterocycles. The molecule has 1 saturated carbocycles. The molecule has 0 radical (unpaired) electrons. The third-order valence-corrected chi connectivity index (χ3v) is 4.36. The summed E-state index contributed by atoms with van der Waals surface area (Å²) >= 11 is 0.890. The third-order valence-electron chi connectivity index (χ3n) is 3.33. The van der Waals surface area contributed by atoms with Gasteiger partial charge in [-0.25, -0.2) is 0 Å². The summed E-state index contributed by atoms with van der Waals surface area (Å²) in [4.78, 5) is 22.5. The molecule has 1 aliphatic rings. The van der Waals surface area contributed by atoms with Crippen molar-refractivity contribution in [2.45, 2.75) is 31.2 Å². The molecule has 0 unspecified atom stereocenters. The number of carbonyl (C=O) groups excluding carboxylic acids is 1. The topological polar surface area (TPSA) is 98.3 Å². The molecule has 8 heteroatoms. The van der Waals surface area contributed by atoms with Crippen molar-refractivity contribution in [1.29, 1.82) is 0 Å². The van der Waals surface area contributed by atoms with Gasteiger partial charge < -0.3 is 11.1 Å². The van der Waals surface area contributed by atoms with Crippen molar-refractivity contribution in [2.24, 2.45) is 5.73 Å². The van der Waals surface area contributed by atoms with Crippen LogP contribution in [0.1, 0.15) is 35.4 Å². The van der Waals surface area contributed by atoms with Gasteiger partial charge in [0.2, 0.25) is 0 Å². The zero-order valence-corrected chi connectivity index (χ0v) is 11.9. The highest BCUT2D eigenvalue weighted by Crippen LogP contribution is 2.30. The van der Waals surface area contributed by atoms with E-state index < -0.39 is 4.92 Å². The zero-order valence-electron chi connectivity index (χ0n) is 10.3. The number of carbonyl (C=O) groups is 1. The summed E-state index contributed by atoms with van der Waals surface area (Å²) in [5.41, 5.74) is 5.41. The summed E-state index contributed by atoms with van der Waals surface area (Å²) in [5, 5.41) is 13.5. The van der Waals surface area contributed by atoms with Crippen molar-refractivity contribution >= 4 is 34.7 Å². The van der Waals surface area contributed by atoms with E-state index in [2.05, 4.69) is 5.32 Å². The maximum Gasteiger partial charge on any atom is 0.324 e. The summed E-state index contributed by atoms with van der Waals surface area (Å²) < 4.78 is 0. The number of nitrogens with two attached hydrogens (primary N) is 1. The Morgan fingerprint density at radius 2 is 2.11 bits per heavy atom. The minimum absolute atomic E-state index is 0. The van der Waals surface area contributed by atoms with Crippen LogP contribution in [0.3, 0.4) is 0 Å². The zero-order chi connectivity index (χ0) is 13.2. The number of halogens is 1. The number of rotatable bonds is 4. The maximum absolute atomic E-state index is 12.0. The Morgan fingerprint density at radius 1 is 1.47 bits per heavy atom. The van der Waals surface area contributed by atoms with Gasteiger partial charge in [0.05, 0.1) is 15.3 Å². The number of nitrogens with zero attached hydrogens (tertiary/aromatic N) is 1. The monoisotopic (exact) mass is 305 g/mol. The van der Waals surface area contributed by atoms with E-state index in [4.69, 9.17) is 5.73 Å². The molecule has 1 aromatic heterocycles. The summed E-state index contributed by atoms with van der Waals surface area (Å²) in [6, 6.07) is 2.83. The quantitative estimate of drug-likeness (QED) is 0.657. The van der Waals surface area contributed by atoms with Crippen LogP contribution in [-0.4, -0.2) is 22.9 Å². The van der Waals surface area contributed by atoms with E-state index in [0.29, 0.717) is 11.4 Å². The normalized spacial score (nSPS) is 16.7. The van der Waals surface area contributed by atoms with Gasteiger partial charge >= 0.3 is 5.00 Å². The Labute approximate surface area is 120 Å². The van der Waals surface area contributed by atoms with Crippen LogP contribution in [0.25, 0.3) is 0 Å². The van der Waals surface area contributed by atoms with Gasteiger partial charge in [0, 0.05) is 12.6 Å². The lowest BCUT2D eigenvalue weighted by molar-refractivity contribution is -0.380. The van der Waals surface area contributed by atoms with Crippen LogP contribution >= 0.6 is 23.7 Å². The minimum atomic E-state index is -0.490. The molecule has 0 aromatic carbocycles. The number of hydrogen-bond donors (Lipinski definition) is 2. The van der Waals surface area contributed by atoms with Crippen molar-refractivity contribution in [3.8, 4) is 0 Å². The fourth-order valence-corrected chi connectivity index (χ4v) is 3.00. The van der Waals surface area contributed by atoms with Gasteiger partial charge in [-0.1, -0.05) is 24.2 Å². The highest BCUT2D eigenvalue weighted by Gasteiger charge is 2.34. The molecule has 19 heavy (non-hydrogen) atoms. The molecular weight excluding hydrogens is 290 g/mol. The van der Waals surface area contributed by atoms with Crippen molar-refractivity contribution in [3.05, 3.63) is 27.1 Å². The molecule has 1 aliphatic carbocycles. The number of thiophene rings is 1. The Bertz CT molecular complexity index is 472. The predicted molar refractivity (Wildman–Crippen MR) is 75.9 cm³/mol. The summed E-state index contributed by atoms with van der Waals surface area (Å²) in [5.74, 6) is -0.263. The standard InChI is InChI=1S/C11H15N3O3S.ClH/c12-7-11(5-1-2-6-11)13-10(15)8-3-4-9(18-8)14(16)17;/h3-4H,1-2,5-7,12H2,(H,13,15);1H. The molecule has 0 aliphatic heterocycles. The predicted octanol–water partition coefficient (Wildman–Crippen LogP) is 2.08. The molecule has 106 valence electrons. The SMILES string of the molecule is Cl.NCC1(NC(=O)c2ccc([N+](=O)[O-])s2)CCCC1. The van der Waals surface area contributed by atoms with Crippen LogP contribution in [0.15, 0.2) is 12.1 Å². The number of nitro groups is 1. The Kier molecular flexibility index (Phi) is 5.28. The first kappa shape index (κ1) is 15.9. The molecule has 3 N–H and O–H groups in total. The molecule has 1 fully saturated rings. The van der Waals surface area contributed by atoms with Gasteiger partial charge in [0.15, 0.2) is 0 Å². The first-order valence-electron chi connectivity index (χ1n) is 5.83. The van der Waals surface area contributed by atoms with Gasteiger partial charge in [0.1, 0.15) is 0 Å². The average Bonchev–Trinajstić information content (AvgIpc) is 2.98. The van der Waals surface area contributed by atoms with E-state index in [1.807, 2.05) is 0 Å². The van der Waals surface area contributed by atoms with Gasteiger partial charge in [-0.3, -0.25) is 14.9 Å². The average molecular weight is 306 g/mol. The van der Waals surface area contributed by atoms with E-state index in [-0.39, 0.29) is 28.9 Å². The Hall–Kier alpha value is -1.18. The molecule has 1 amide bonds. The van der Waals surface area contributed by atoms with Gasteiger partial charge in [0.25, 0.3) is 5.91 Å². The Morgan fingerprint density at radius 3 is 2.58 bits per heavy atom. The molecule has 2 rings (SSSR count). The van der Waals surface area contributed by atoms with Crippen molar-refractivity contribution in [2.75, 3.05) is 6.54 Å². The molecule has 0 spiro atoms. The molecule has 0 atom stereocenters. The van der Waals surface area contributed by atoms with E-state index in [0.717, 1.165) is 37.0 Å². The highest BCUT2D eigenvalue weighted by atomic mass is 35.5. The molecular formula is C11H16ClN3O3S. The smallest absolute Gasteiger partial charge is 0.324 e. The first-order chi connectivity index (χ1) is 8.56. The van der Waals surface area contributed by atoms with Gasteiger partial charge in [-0.05, 0) is 18.9 Å². The molecule has 0 saturated heterocycles. The lowest BCUT2D eigenvalue weighted by Gasteiger charge is -2.28. The molecule has 6 nitrogen and oxygen atoms in total. The first-order valence-corrected chi connectivity index (χ1v) is 6.65. The minimum Gasteiger partial charge on any atom is -0.345 e. The van der Waals surface area contributed by atoms with Crippen molar-refractivity contribution in [3.63, 3.8) is 0 Å². The summed E-state index contributed by atoms with van der Waals surface area (Å²) in [7, 11) is 0. The van der Waals surface area contributed by atoms with Crippen LogP contribution in [0, 0.1) is 10.1 Å². The van der Waals surface area contributed by atoms with E-state index in [9.17, 15) is 14.9 Å². The molecule has 1 aromatic rings. The number of hydrogen-bond acceptors (Lipinski definition) is 5. The van der Waals surface area contributed by atoms with E-state index >= 15 is 0 Å². The van der Waals surface area contributed by atoms with Crippen LogP contribution < -0.4 is 11.1 Å². The van der Waals surface area contributed by atoms with Crippen molar-refractivity contribution in [1.82, 2.24) is 5.32 Å². The second-order valence-electron chi connectivity index (χ2n) is 4.54. The highest BCUT2D eigenvalue weighted by molar-refractivity contribution is 7.17. The summed E-state index contributed by atoms with van der Waals surface area (Å²) in [6.45, 7) is 0.409. The fraction of sp³-hybridized carbons (Fsp3) is 0.545. The lowest BCUT2D eigenvalue weighted by atomic mass is 9.98. The lowest BCUT2D eigenvalue weighted by Crippen LogP contribution is -2.51. The fourth-order valence-electron chi connectivity index (χ4n) is 2.28. The van der Waals surface area contributed by atoms with Crippen LogP contribution in [-0.2, 0) is 0 Å². The second-order valence-corrected chi connectivity index (χ2v) is 5.60. The Balaban J connectivity index is 0.00000180. The van der Waals surface area contributed by atoms with Crippen LogP contribution in [0.5, 0.6) is 0 Å². The van der Waals surface area contributed by atoms with Gasteiger partial charge in [-0.15, -0.1) is 12.4 Å². The van der Waals surface area contributed by atoms with Crippen LogP contribution in [0.2, 0.25) is 0 Å². The molecule has 0 bridgehead atoms. The maximum atomic E-state index is 12.0. The second kappa shape index (κ2) is 6.31. The van der Waals surface area contributed by atoms with Crippen molar-refractivity contribution < 1.29 is 9.72 Å².